The highest BCUT2D eigenvalue weighted by Crippen LogP contribution is 2.38. The third-order valence-electron chi connectivity index (χ3n) is 2.66. The normalized spacial score (nSPS) is 33.8. The summed E-state index contributed by atoms with van der Waals surface area (Å²) < 4.78 is 0. The zero-order valence-electron chi connectivity index (χ0n) is 8.22. The molecule has 1 fully saturated rings. The molecule has 2 unspecified atom stereocenters. The SMILES string of the molecule is CC1CC(NC#N)CC(C)(C)C1. The predicted molar refractivity (Wildman–Crippen MR) is 49.3 cm³/mol. The molecule has 0 aromatic rings. The molecule has 2 atom stereocenters. The Morgan fingerprint density at radius 2 is 2.08 bits per heavy atom. The highest BCUT2D eigenvalue weighted by molar-refractivity contribution is 4.89. The molecule has 0 radical (unpaired) electrons. The van der Waals surface area contributed by atoms with Crippen LogP contribution in [0.15, 0.2) is 0 Å². The average molecular weight is 166 g/mol. The topological polar surface area (TPSA) is 35.8 Å². The van der Waals surface area contributed by atoms with Gasteiger partial charge in [-0.1, -0.05) is 20.8 Å². The second-order valence-electron chi connectivity index (χ2n) is 4.87. The van der Waals surface area contributed by atoms with E-state index in [-0.39, 0.29) is 0 Å². The van der Waals surface area contributed by atoms with Crippen LogP contribution in [0.4, 0.5) is 0 Å². The van der Waals surface area contributed by atoms with Gasteiger partial charge in [0.2, 0.25) is 0 Å². The maximum absolute atomic E-state index is 8.51. The molecule has 2 nitrogen and oxygen atoms in total. The van der Waals surface area contributed by atoms with Crippen molar-refractivity contribution in [3.8, 4) is 6.19 Å². The van der Waals surface area contributed by atoms with Crippen LogP contribution in [0.25, 0.3) is 0 Å². The van der Waals surface area contributed by atoms with Crippen molar-refractivity contribution in [1.82, 2.24) is 5.32 Å². The lowest BCUT2D eigenvalue weighted by Gasteiger charge is -2.38. The zero-order chi connectivity index (χ0) is 9.19. The third-order valence-corrected chi connectivity index (χ3v) is 2.66. The number of hydrogen-bond acceptors (Lipinski definition) is 2. The largest absolute Gasteiger partial charge is 0.321 e. The summed E-state index contributed by atoms with van der Waals surface area (Å²) in [5.41, 5.74) is 0.409. The number of nitrogens with one attached hydrogen (secondary N) is 1. The molecule has 1 saturated carbocycles. The van der Waals surface area contributed by atoms with E-state index >= 15 is 0 Å². The molecule has 1 aliphatic rings. The summed E-state index contributed by atoms with van der Waals surface area (Å²) in [5, 5.41) is 11.4. The molecule has 1 aliphatic carbocycles. The first-order valence-electron chi connectivity index (χ1n) is 4.68. The first-order chi connectivity index (χ1) is 5.53. The van der Waals surface area contributed by atoms with Crippen molar-refractivity contribution in [3.05, 3.63) is 0 Å². The molecular formula is C10H18N2. The second kappa shape index (κ2) is 3.35. The minimum atomic E-state index is 0.409. The molecule has 0 amide bonds. The Morgan fingerprint density at radius 3 is 2.58 bits per heavy atom. The highest BCUT2D eigenvalue weighted by Gasteiger charge is 2.31. The van der Waals surface area contributed by atoms with Gasteiger partial charge in [0.25, 0.3) is 0 Å². The Bertz CT molecular complexity index is 191. The van der Waals surface area contributed by atoms with Crippen molar-refractivity contribution < 1.29 is 0 Å². The average Bonchev–Trinajstić information content (AvgIpc) is 1.82. The summed E-state index contributed by atoms with van der Waals surface area (Å²) in [5.74, 6) is 0.750. The van der Waals surface area contributed by atoms with Gasteiger partial charge in [-0.15, -0.1) is 0 Å². The van der Waals surface area contributed by atoms with Crippen LogP contribution in [0.3, 0.4) is 0 Å². The van der Waals surface area contributed by atoms with Gasteiger partial charge in [0, 0.05) is 6.04 Å². The van der Waals surface area contributed by atoms with Crippen LogP contribution in [0, 0.1) is 22.8 Å². The van der Waals surface area contributed by atoms with Crippen LogP contribution < -0.4 is 5.32 Å². The zero-order valence-corrected chi connectivity index (χ0v) is 8.22. The number of rotatable bonds is 1. The molecule has 0 aliphatic heterocycles. The van der Waals surface area contributed by atoms with Gasteiger partial charge in [-0.05, 0) is 30.6 Å². The Kier molecular flexibility index (Phi) is 2.62. The summed E-state index contributed by atoms with van der Waals surface area (Å²) in [7, 11) is 0. The fraction of sp³-hybridized carbons (Fsp3) is 0.900. The Morgan fingerprint density at radius 1 is 1.42 bits per heavy atom. The van der Waals surface area contributed by atoms with Crippen LogP contribution in [0.1, 0.15) is 40.0 Å². The van der Waals surface area contributed by atoms with Crippen molar-refractivity contribution in [2.45, 2.75) is 46.1 Å². The van der Waals surface area contributed by atoms with E-state index in [1.165, 1.54) is 6.42 Å². The lowest BCUT2D eigenvalue weighted by Crippen LogP contribution is -2.38. The van der Waals surface area contributed by atoms with E-state index in [2.05, 4.69) is 26.1 Å². The molecular weight excluding hydrogens is 148 g/mol. The quantitative estimate of drug-likeness (QED) is 0.479. The summed E-state index contributed by atoms with van der Waals surface area (Å²) in [4.78, 5) is 0. The maximum Gasteiger partial charge on any atom is 0.176 e. The first kappa shape index (κ1) is 9.38. The second-order valence-corrected chi connectivity index (χ2v) is 4.87. The van der Waals surface area contributed by atoms with Gasteiger partial charge in [-0.2, -0.15) is 5.26 Å². The summed E-state index contributed by atoms with van der Waals surface area (Å²) in [6.07, 6.45) is 5.61. The van der Waals surface area contributed by atoms with Gasteiger partial charge >= 0.3 is 0 Å². The maximum atomic E-state index is 8.51. The molecule has 12 heavy (non-hydrogen) atoms. The molecule has 1 rings (SSSR count). The highest BCUT2D eigenvalue weighted by atomic mass is 14.9. The fourth-order valence-corrected chi connectivity index (χ4v) is 2.55. The monoisotopic (exact) mass is 166 g/mol. The van der Waals surface area contributed by atoms with Crippen molar-refractivity contribution in [2.24, 2.45) is 11.3 Å². The molecule has 68 valence electrons. The van der Waals surface area contributed by atoms with Crippen LogP contribution in [0.2, 0.25) is 0 Å². The third kappa shape index (κ3) is 2.41. The molecule has 1 N–H and O–H groups in total. The van der Waals surface area contributed by atoms with Crippen LogP contribution in [-0.2, 0) is 0 Å². The number of hydrogen-bond donors (Lipinski definition) is 1. The van der Waals surface area contributed by atoms with Gasteiger partial charge < -0.3 is 5.32 Å². The van der Waals surface area contributed by atoms with E-state index < -0.39 is 0 Å². The van der Waals surface area contributed by atoms with E-state index in [4.69, 9.17) is 5.26 Å². The van der Waals surface area contributed by atoms with E-state index in [0.717, 1.165) is 18.8 Å². The Labute approximate surface area is 75.0 Å². The van der Waals surface area contributed by atoms with Gasteiger partial charge in [-0.25, -0.2) is 0 Å². The smallest absolute Gasteiger partial charge is 0.176 e. The molecule has 2 heteroatoms. The fourth-order valence-electron chi connectivity index (χ4n) is 2.55. The summed E-state index contributed by atoms with van der Waals surface area (Å²) >= 11 is 0. The number of nitrogens with zero attached hydrogens (tertiary/aromatic N) is 1. The molecule has 0 bridgehead atoms. The standard InChI is InChI=1S/C10H18N2/c1-8-4-9(12-7-11)6-10(2,3)5-8/h8-9,12H,4-6H2,1-3H3. The van der Waals surface area contributed by atoms with Crippen molar-refractivity contribution in [2.75, 3.05) is 0 Å². The van der Waals surface area contributed by atoms with Gasteiger partial charge in [-0.3, -0.25) is 0 Å². The van der Waals surface area contributed by atoms with Crippen molar-refractivity contribution in [1.29, 1.82) is 5.26 Å². The molecule has 0 saturated heterocycles. The lowest BCUT2D eigenvalue weighted by molar-refractivity contribution is 0.160. The van der Waals surface area contributed by atoms with E-state index in [9.17, 15) is 0 Å². The van der Waals surface area contributed by atoms with E-state index in [1.807, 2.05) is 6.19 Å². The lowest BCUT2D eigenvalue weighted by atomic mass is 9.71. The predicted octanol–water partition coefficient (Wildman–Crippen LogP) is 2.27. The van der Waals surface area contributed by atoms with Gasteiger partial charge in [0.15, 0.2) is 6.19 Å². The molecule has 0 heterocycles. The van der Waals surface area contributed by atoms with Crippen molar-refractivity contribution in [3.63, 3.8) is 0 Å². The van der Waals surface area contributed by atoms with Crippen molar-refractivity contribution >= 4 is 0 Å². The van der Waals surface area contributed by atoms with E-state index in [0.29, 0.717) is 11.5 Å². The Balaban J connectivity index is 2.53. The summed E-state index contributed by atoms with van der Waals surface area (Å²) in [6, 6.07) is 0.411. The summed E-state index contributed by atoms with van der Waals surface area (Å²) in [6.45, 7) is 6.84. The minimum absolute atomic E-state index is 0.409. The molecule has 0 aromatic carbocycles. The van der Waals surface area contributed by atoms with E-state index in [1.54, 1.807) is 0 Å². The van der Waals surface area contributed by atoms with Crippen LogP contribution in [0.5, 0.6) is 0 Å². The van der Waals surface area contributed by atoms with Gasteiger partial charge in [0.1, 0.15) is 0 Å². The Hall–Kier alpha value is -0.710. The van der Waals surface area contributed by atoms with Crippen LogP contribution in [-0.4, -0.2) is 6.04 Å². The first-order valence-corrected chi connectivity index (χ1v) is 4.68. The molecule has 0 aromatic heterocycles. The van der Waals surface area contributed by atoms with Gasteiger partial charge in [0.05, 0.1) is 0 Å². The number of nitriles is 1. The van der Waals surface area contributed by atoms with Crippen LogP contribution >= 0.6 is 0 Å². The minimum Gasteiger partial charge on any atom is -0.321 e. The molecule has 0 spiro atoms.